The number of urea groups is 1. The van der Waals surface area contributed by atoms with E-state index in [1.165, 1.54) is 32.4 Å². The Hall–Kier alpha value is -2.49. The van der Waals surface area contributed by atoms with Crippen molar-refractivity contribution in [1.29, 1.82) is 0 Å². The van der Waals surface area contributed by atoms with E-state index in [4.69, 9.17) is 9.47 Å². The molecule has 0 radical (unpaired) electrons. The van der Waals surface area contributed by atoms with Crippen LogP contribution >= 0.6 is 0 Å². The molecule has 0 saturated carbocycles. The molecule has 3 amide bonds. The van der Waals surface area contributed by atoms with Gasteiger partial charge in [0.2, 0.25) is 15.9 Å². The Balaban J connectivity index is 2.22. The van der Waals surface area contributed by atoms with E-state index in [2.05, 4.69) is 10.0 Å². The van der Waals surface area contributed by atoms with Gasteiger partial charge in [0.15, 0.2) is 16.7 Å². The number of carbonyl (C=O) groups is 2. The summed E-state index contributed by atoms with van der Waals surface area (Å²) in [6.07, 6.45) is 0. The second-order valence-corrected chi connectivity index (χ2v) is 6.27. The van der Waals surface area contributed by atoms with Crippen LogP contribution in [-0.2, 0) is 14.8 Å². The fourth-order valence-electron chi connectivity index (χ4n) is 1.90. The van der Waals surface area contributed by atoms with Crippen LogP contribution < -0.4 is 24.8 Å². The van der Waals surface area contributed by atoms with Gasteiger partial charge < -0.3 is 14.8 Å². The van der Waals surface area contributed by atoms with Gasteiger partial charge in [-0.1, -0.05) is 0 Å². The number of rotatable bonds is 5. The van der Waals surface area contributed by atoms with Crippen LogP contribution in [-0.4, -0.2) is 46.4 Å². The van der Waals surface area contributed by atoms with Gasteiger partial charge in [-0.3, -0.25) is 14.8 Å². The number of amides is 3. The van der Waals surface area contributed by atoms with Crippen molar-refractivity contribution in [3.8, 4) is 11.5 Å². The molecule has 1 aromatic rings. The average molecular weight is 329 g/mol. The van der Waals surface area contributed by atoms with Crippen molar-refractivity contribution in [3.05, 3.63) is 18.2 Å². The predicted molar refractivity (Wildman–Crippen MR) is 77.4 cm³/mol. The van der Waals surface area contributed by atoms with Gasteiger partial charge in [0, 0.05) is 12.6 Å². The lowest BCUT2D eigenvalue weighted by Crippen LogP contribution is -2.58. The highest BCUT2D eigenvalue weighted by atomic mass is 32.2. The van der Waals surface area contributed by atoms with E-state index in [9.17, 15) is 18.0 Å². The average Bonchev–Trinajstić information content (AvgIpc) is 2.46. The van der Waals surface area contributed by atoms with Gasteiger partial charge in [0.05, 0.1) is 19.9 Å². The van der Waals surface area contributed by atoms with E-state index in [-0.39, 0.29) is 12.2 Å². The highest BCUT2D eigenvalue weighted by molar-refractivity contribution is 7.94. The zero-order valence-electron chi connectivity index (χ0n) is 11.9. The van der Waals surface area contributed by atoms with Crippen LogP contribution in [0, 0.1) is 0 Å². The first-order valence-electron chi connectivity index (χ1n) is 6.19. The molecule has 1 atom stereocenters. The van der Waals surface area contributed by atoms with Crippen molar-refractivity contribution in [3.63, 3.8) is 0 Å². The molecule has 0 aliphatic carbocycles. The topological polar surface area (TPSA) is 123 Å². The van der Waals surface area contributed by atoms with Crippen molar-refractivity contribution >= 4 is 27.6 Å². The van der Waals surface area contributed by atoms with Gasteiger partial charge in [-0.05, 0) is 12.1 Å². The van der Waals surface area contributed by atoms with E-state index >= 15 is 0 Å². The van der Waals surface area contributed by atoms with Crippen molar-refractivity contribution in [1.82, 2.24) is 10.6 Å². The van der Waals surface area contributed by atoms with Crippen molar-refractivity contribution in [2.45, 2.75) is 5.25 Å². The van der Waals surface area contributed by atoms with Crippen LogP contribution in [0.3, 0.4) is 0 Å². The number of hydrogen-bond acceptors (Lipinski definition) is 6. The number of anilines is 1. The maximum atomic E-state index is 12.2. The van der Waals surface area contributed by atoms with Crippen molar-refractivity contribution in [2.24, 2.45) is 0 Å². The monoisotopic (exact) mass is 329 g/mol. The molecule has 120 valence electrons. The summed E-state index contributed by atoms with van der Waals surface area (Å²) in [5, 5.41) is 2.75. The Morgan fingerprint density at radius 1 is 1.18 bits per heavy atom. The number of nitrogens with one attached hydrogen (secondary N) is 3. The van der Waals surface area contributed by atoms with Gasteiger partial charge in [0.25, 0.3) is 0 Å². The third-order valence-electron chi connectivity index (χ3n) is 3.00. The Bertz CT molecular complexity index is 703. The second kappa shape index (κ2) is 6.10. The minimum atomic E-state index is -4.03. The van der Waals surface area contributed by atoms with Crippen LogP contribution in [0.2, 0.25) is 0 Å². The molecule has 0 aromatic heterocycles. The summed E-state index contributed by atoms with van der Waals surface area (Å²) in [5.74, 6) is -0.103. The van der Waals surface area contributed by atoms with E-state index in [1.54, 1.807) is 0 Å². The van der Waals surface area contributed by atoms with Gasteiger partial charge in [-0.25, -0.2) is 13.2 Å². The maximum absolute atomic E-state index is 12.2. The number of benzene rings is 1. The quantitative estimate of drug-likeness (QED) is 0.679. The number of carbonyl (C=O) groups excluding carboxylic acids is 2. The molecular weight excluding hydrogens is 314 g/mol. The number of sulfonamides is 1. The van der Waals surface area contributed by atoms with Crippen LogP contribution in [0.4, 0.5) is 10.5 Å². The molecule has 3 N–H and O–H groups in total. The molecule has 1 fully saturated rings. The summed E-state index contributed by atoms with van der Waals surface area (Å²) >= 11 is 0. The Morgan fingerprint density at radius 3 is 2.45 bits per heavy atom. The number of ether oxygens (including phenoxy) is 2. The highest BCUT2D eigenvalue weighted by Crippen LogP contribution is 2.30. The second-order valence-electron chi connectivity index (χ2n) is 4.40. The molecule has 1 unspecified atom stereocenters. The molecule has 10 heteroatoms. The van der Waals surface area contributed by atoms with E-state index in [1.807, 2.05) is 5.32 Å². The van der Waals surface area contributed by atoms with Gasteiger partial charge in [0.1, 0.15) is 0 Å². The Labute approximate surface area is 127 Å². The van der Waals surface area contributed by atoms with Crippen LogP contribution in [0.15, 0.2) is 18.2 Å². The minimum Gasteiger partial charge on any atom is -0.493 e. The van der Waals surface area contributed by atoms with E-state index in [0.717, 1.165) is 0 Å². The lowest BCUT2D eigenvalue weighted by molar-refractivity contribution is -0.120. The largest absolute Gasteiger partial charge is 0.493 e. The summed E-state index contributed by atoms with van der Waals surface area (Å²) in [6, 6.07) is 3.70. The summed E-state index contributed by atoms with van der Waals surface area (Å²) in [6.45, 7) is -0.298. The van der Waals surface area contributed by atoms with Gasteiger partial charge >= 0.3 is 6.03 Å². The standard InChI is InChI=1S/C12H15N3O6S/c1-20-8-4-3-7(5-9(8)21-2)15-22(18,19)10-6-13-12(17)14-11(10)16/h3-5,10,15H,6H2,1-2H3,(H2,13,14,16,17). The SMILES string of the molecule is COc1ccc(NS(=O)(=O)C2CNC(=O)NC2=O)cc1OC. The molecule has 1 aliphatic rings. The van der Waals surface area contributed by atoms with Gasteiger partial charge in [-0.2, -0.15) is 0 Å². The molecule has 9 nitrogen and oxygen atoms in total. The first kappa shape index (κ1) is 15.9. The lowest BCUT2D eigenvalue weighted by atomic mass is 10.3. The van der Waals surface area contributed by atoms with Crippen molar-refractivity contribution < 1.29 is 27.5 Å². The Morgan fingerprint density at radius 2 is 1.86 bits per heavy atom. The molecule has 1 aliphatic heterocycles. The summed E-state index contributed by atoms with van der Waals surface area (Å²) in [4.78, 5) is 22.6. The molecule has 0 spiro atoms. The zero-order valence-corrected chi connectivity index (χ0v) is 12.7. The maximum Gasteiger partial charge on any atom is 0.321 e. The number of imide groups is 1. The van der Waals surface area contributed by atoms with Crippen molar-refractivity contribution in [2.75, 3.05) is 25.5 Å². The predicted octanol–water partition coefficient (Wildman–Crippen LogP) is -0.347. The molecule has 1 aromatic carbocycles. The lowest BCUT2D eigenvalue weighted by Gasteiger charge is -2.22. The third-order valence-corrected chi connectivity index (χ3v) is 4.65. The number of hydrogen-bond donors (Lipinski definition) is 3. The highest BCUT2D eigenvalue weighted by Gasteiger charge is 2.37. The number of methoxy groups -OCH3 is 2. The molecule has 1 heterocycles. The van der Waals surface area contributed by atoms with E-state index < -0.39 is 27.2 Å². The van der Waals surface area contributed by atoms with Crippen LogP contribution in [0.5, 0.6) is 11.5 Å². The molecule has 22 heavy (non-hydrogen) atoms. The fraction of sp³-hybridized carbons (Fsp3) is 0.333. The Kier molecular flexibility index (Phi) is 4.40. The molecule has 1 saturated heterocycles. The first-order chi connectivity index (χ1) is 10.4. The fourth-order valence-corrected chi connectivity index (χ4v) is 3.14. The minimum absolute atomic E-state index is 0.211. The van der Waals surface area contributed by atoms with Crippen LogP contribution in [0.25, 0.3) is 0 Å². The molecular formula is C12H15N3O6S. The summed E-state index contributed by atoms with van der Waals surface area (Å²) in [7, 11) is -1.15. The van der Waals surface area contributed by atoms with E-state index in [0.29, 0.717) is 11.5 Å². The first-order valence-corrected chi connectivity index (χ1v) is 7.74. The molecule has 0 bridgehead atoms. The van der Waals surface area contributed by atoms with Gasteiger partial charge in [-0.15, -0.1) is 0 Å². The van der Waals surface area contributed by atoms with Crippen LogP contribution in [0.1, 0.15) is 0 Å². The summed E-state index contributed by atoms with van der Waals surface area (Å²) < 4.78 is 36.9. The zero-order chi connectivity index (χ0) is 16.3. The normalized spacial score (nSPS) is 18.2. The third kappa shape index (κ3) is 3.22. The smallest absolute Gasteiger partial charge is 0.321 e. The summed E-state index contributed by atoms with van der Waals surface area (Å²) in [5.41, 5.74) is 0.211. The molecule has 2 rings (SSSR count).